The molecule has 2 aromatic rings. The van der Waals surface area contributed by atoms with Gasteiger partial charge in [0, 0.05) is 26.7 Å². The molecule has 1 atom stereocenters. The lowest BCUT2D eigenvalue weighted by molar-refractivity contribution is 0.460. The highest BCUT2D eigenvalue weighted by molar-refractivity contribution is 14.0. The predicted octanol–water partition coefficient (Wildman–Crippen LogP) is 2.85. The number of halogens is 1. The molecule has 1 aliphatic rings. The van der Waals surface area contributed by atoms with E-state index in [1.165, 1.54) is 12.6 Å². The van der Waals surface area contributed by atoms with Gasteiger partial charge in [-0.15, -0.1) is 24.0 Å². The molecule has 0 spiro atoms. The van der Waals surface area contributed by atoms with Crippen molar-refractivity contribution >= 4 is 40.0 Å². The van der Waals surface area contributed by atoms with Crippen LogP contribution in [-0.2, 0) is 23.0 Å². The molecule has 1 aliphatic heterocycles. The number of nitrogens with zero attached hydrogens (tertiary/aromatic N) is 2. The molecule has 0 radical (unpaired) electrons. The van der Waals surface area contributed by atoms with Crippen molar-refractivity contribution in [2.45, 2.75) is 24.3 Å². The molecule has 6 nitrogen and oxygen atoms in total. The van der Waals surface area contributed by atoms with Gasteiger partial charge in [-0.25, -0.2) is 13.1 Å². The van der Waals surface area contributed by atoms with Crippen LogP contribution in [0, 0.1) is 5.92 Å². The summed E-state index contributed by atoms with van der Waals surface area (Å²) in [6.45, 7) is 2.48. The topological polar surface area (TPSA) is 73.8 Å². The van der Waals surface area contributed by atoms with E-state index in [4.69, 9.17) is 0 Å². The fourth-order valence-electron chi connectivity index (χ4n) is 3.59. The minimum absolute atomic E-state index is 0. The quantitative estimate of drug-likeness (QED) is 0.344. The number of hydrogen-bond donors (Lipinski definition) is 2. The van der Waals surface area contributed by atoms with Gasteiger partial charge in [-0.3, -0.25) is 4.99 Å². The molecule has 1 heterocycles. The average molecular weight is 528 g/mol. The van der Waals surface area contributed by atoms with Crippen LogP contribution in [0.1, 0.15) is 17.5 Å². The lowest BCUT2D eigenvalue weighted by atomic mass is 9.99. The van der Waals surface area contributed by atoms with Crippen molar-refractivity contribution in [3.8, 4) is 0 Å². The Labute approximate surface area is 190 Å². The van der Waals surface area contributed by atoms with Crippen molar-refractivity contribution in [3.05, 3.63) is 65.7 Å². The molecule has 0 bridgehead atoms. The van der Waals surface area contributed by atoms with Gasteiger partial charge in [0.15, 0.2) is 5.96 Å². The molecule has 0 aliphatic carbocycles. The Morgan fingerprint density at radius 1 is 1.14 bits per heavy atom. The van der Waals surface area contributed by atoms with Gasteiger partial charge in [0.25, 0.3) is 0 Å². The second-order valence-electron chi connectivity index (χ2n) is 7.05. The van der Waals surface area contributed by atoms with Crippen molar-refractivity contribution in [1.29, 1.82) is 0 Å². The Kier molecular flexibility index (Phi) is 8.91. The maximum Gasteiger partial charge on any atom is 0.240 e. The lowest BCUT2D eigenvalue weighted by Crippen LogP contribution is -2.39. The van der Waals surface area contributed by atoms with Crippen LogP contribution in [0.15, 0.2) is 64.5 Å². The second-order valence-corrected chi connectivity index (χ2v) is 8.93. The first-order valence-corrected chi connectivity index (χ1v) is 11.0. The summed E-state index contributed by atoms with van der Waals surface area (Å²) in [4.78, 5) is 6.97. The summed E-state index contributed by atoms with van der Waals surface area (Å²) in [5.74, 6) is 1.47. The van der Waals surface area contributed by atoms with Gasteiger partial charge in [0.2, 0.25) is 10.0 Å². The van der Waals surface area contributed by atoms with Crippen LogP contribution >= 0.6 is 24.0 Å². The molecule has 158 valence electrons. The molecule has 8 heteroatoms. The number of aliphatic imine (C=N–C) groups is 1. The Hall–Kier alpha value is -1.65. The van der Waals surface area contributed by atoms with E-state index >= 15 is 0 Å². The standard InChI is InChI=1S/C21H28N4O2S.HI/c1-22-21(24-15-18-9-6-10-20(14-18)28(26,27)23-2)25-12-11-19(16-25)13-17-7-4-3-5-8-17;/h3-10,14,19,23H,11-13,15-16H2,1-2H3,(H,22,24);1H. The molecule has 1 saturated heterocycles. The molecule has 1 unspecified atom stereocenters. The SMILES string of the molecule is CN=C(NCc1cccc(S(=O)(=O)NC)c1)N1CCC(Cc2ccccc2)C1.I. The van der Waals surface area contributed by atoms with Gasteiger partial charge in [-0.1, -0.05) is 42.5 Å². The highest BCUT2D eigenvalue weighted by Crippen LogP contribution is 2.21. The zero-order valence-electron chi connectivity index (χ0n) is 16.8. The van der Waals surface area contributed by atoms with Crippen molar-refractivity contribution in [2.75, 3.05) is 27.2 Å². The van der Waals surface area contributed by atoms with Gasteiger partial charge in [0.1, 0.15) is 0 Å². The number of sulfonamides is 1. The Morgan fingerprint density at radius 3 is 2.55 bits per heavy atom. The fraction of sp³-hybridized carbons (Fsp3) is 0.381. The summed E-state index contributed by atoms with van der Waals surface area (Å²) >= 11 is 0. The van der Waals surface area contributed by atoms with E-state index in [0.29, 0.717) is 12.5 Å². The first-order valence-electron chi connectivity index (χ1n) is 9.54. The summed E-state index contributed by atoms with van der Waals surface area (Å²) in [5, 5.41) is 3.37. The van der Waals surface area contributed by atoms with Crippen molar-refractivity contribution in [2.24, 2.45) is 10.9 Å². The number of rotatable bonds is 6. The summed E-state index contributed by atoms with van der Waals surface area (Å²) in [7, 11) is -0.232. The van der Waals surface area contributed by atoms with Crippen molar-refractivity contribution in [1.82, 2.24) is 14.9 Å². The Balaban J connectivity index is 0.00000300. The van der Waals surface area contributed by atoms with Gasteiger partial charge < -0.3 is 10.2 Å². The van der Waals surface area contributed by atoms with Crippen LogP contribution in [-0.4, -0.2) is 46.5 Å². The van der Waals surface area contributed by atoms with E-state index in [9.17, 15) is 8.42 Å². The van der Waals surface area contributed by atoms with Crippen LogP contribution in [0.2, 0.25) is 0 Å². The van der Waals surface area contributed by atoms with Gasteiger partial charge in [0.05, 0.1) is 4.90 Å². The zero-order valence-corrected chi connectivity index (χ0v) is 20.0. The smallest absolute Gasteiger partial charge is 0.240 e. The molecular formula is C21H29IN4O2S. The minimum atomic E-state index is -3.44. The molecule has 0 amide bonds. The molecule has 2 aromatic carbocycles. The number of likely N-dealkylation sites (tertiary alicyclic amines) is 1. The van der Waals surface area contributed by atoms with Crippen molar-refractivity contribution in [3.63, 3.8) is 0 Å². The number of guanidine groups is 1. The highest BCUT2D eigenvalue weighted by atomic mass is 127. The van der Waals surface area contributed by atoms with E-state index in [2.05, 4.69) is 44.2 Å². The van der Waals surface area contributed by atoms with Crippen molar-refractivity contribution < 1.29 is 8.42 Å². The van der Waals surface area contributed by atoms with Crippen LogP contribution in [0.3, 0.4) is 0 Å². The molecular weight excluding hydrogens is 499 g/mol. The maximum absolute atomic E-state index is 12.0. The van der Waals surface area contributed by atoms with Crippen LogP contribution in [0.4, 0.5) is 0 Å². The number of nitrogens with one attached hydrogen (secondary N) is 2. The molecule has 1 fully saturated rings. The third kappa shape index (κ3) is 6.42. The number of hydrogen-bond acceptors (Lipinski definition) is 3. The highest BCUT2D eigenvalue weighted by Gasteiger charge is 2.25. The van der Waals surface area contributed by atoms with Gasteiger partial charge >= 0.3 is 0 Å². The van der Waals surface area contributed by atoms with E-state index in [-0.39, 0.29) is 28.9 Å². The minimum Gasteiger partial charge on any atom is -0.352 e. The van der Waals surface area contributed by atoms with Crippen LogP contribution in [0.5, 0.6) is 0 Å². The summed E-state index contributed by atoms with van der Waals surface area (Å²) in [6.07, 6.45) is 2.23. The lowest BCUT2D eigenvalue weighted by Gasteiger charge is -2.22. The Morgan fingerprint density at radius 2 is 1.86 bits per heavy atom. The normalized spacial score (nSPS) is 17.1. The van der Waals surface area contributed by atoms with E-state index in [1.807, 2.05) is 12.1 Å². The fourth-order valence-corrected chi connectivity index (χ4v) is 4.39. The third-order valence-corrected chi connectivity index (χ3v) is 6.50. The first-order chi connectivity index (χ1) is 13.5. The predicted molar refractivity (Wildman–Crippen MR) is 128 cm³/mol. The summed E-state index contributed by atoms with van der Waals surface area (Å²) in [6, 6.07) is 17.5. The van der Waals surface area contributed by atoms with E-state index in [0.717, 1.165) is 37.5 Å². The van der Waals surface area contributed by atoms with E-state index in [1.54, 1.807) is 25.2 Å². The maximum atomic E-state index is 12.0. The average Bonchev–Trinajstić information content (AvgIpc) is 3.17. The summed E-state index contributed by atoms with van der Waals surface area (Å²) in [5.41, 5.74) is 2.28. The summed E-state index contributed by atoms with van der Waals surface area (Å²) < 4.78 is 26.3. The largest absolute Gasteiger partial charge is 0.352 e. The second kappa shape index (κ2) is 10.9. The third-order valence-electron chi connectivity index (χ3n) is 5.09. The Bertz CT molecular complexity index is 919. The molecule has 0 aromatic heterocycles. The van der Waals surface area contributed by atoms with Crippen LogP contribution in [0.25, 0.3) is 0 Å². The number of benzene rings is 2. The molecule has 29 heavy (non-hydrogen) atoms. The molecule has 3 rings (SSSR count). The monoisotopic (exact) mass is 528 g/mol. The van der Waals surface area contributed by atoms with Gasteiger partial charge in [-0.2, -0.15) is 0 Å². The van der Waals surface area contributed by atoms with E-state index < -0.39 is 10.0 Å². The molecule has 0 saturated carbocycles. The first kappa shape index (κ1) is 23.6. The van der Waals surface area contributed by atoms with Gasteiger partial charge in [-0.05, 0) is 49.1 Å². The molecule has 2 N–H and O–H groups in total. The van der Waals surface area contributed by atoms with Crippen LogP contribution < -0.4 is 10.0 Å². The zero-order chi connectivity index (χ0) is 20.0.